The summed E-state index contributed by atoms with van der Waals surface area (Å²) in [5.41, 5.74) is 0. The minimum absolute atomic E-state index is 0.0838. The molecule has 0 fully saturated rings. The van der Waals surface area contributed by atoms with Crippen LogP contribution in [0.5, 0.6) is 0 Å². The maximum absolute atomic E-state index is 12.3. The third kappa shape index (κ3) is 6.67. The van der Waals surface area contributed by atoms with E-state index in [1.807, 2.05) is 18.4 Å². The van der Waals surface area contributed by atoms with E-state index in [0.29, 0.717) is 30.4 Å². The van der Waals surface area contributed by atoms with Crippen molar-refractivity contribution >= 4 is 15.8 Å². The molecule has 27 heavy (non-hydrogen) atoms. The molecule has 8 nitrogen and oxygen atoms in total. The van der Waals surface area contributed by atoms with Gasteiger partial charge in [0.05, 0.1) is 10.6 Å². The number of nitrogens with zero attached hydrogens (tertiary/aromatic N) is 4. The molecule has 0 aliphatic heterocycles. The Morgan fingerprint density at radius 2 is 1.96 bits per heavy atom. The van der Waals surface area contributed by atoms with Gasteiger partial charge < -0.3 is 15.2 Å². The van der Waals surface area contributed by atoms with Gasteiger partial charge in [-0.2, -0.15) is 0 Å². The highest BCUT2D eigenvalue weighted by Crippen LogP contribution is 2.10. The van der Waals surface area contributed by atoms with Gasteiger partial charge in [-0.1, -0.05) is 25.1 Å². The highest BCUT2D eigenvalue weighted by Gasteiger charge is 2.12. The van der Waals surface area contributed by atoms with Crippen LogP contribution >= 0.6 is 0 Å². The van der Waals surface area contributed by atoms with Gasteiger partial charge in [-0.3, -0.25) is 4.99 Å². The van der Waals surface area contributed by atoms with E-state index in [2.05, 4.69) is 25.8 Å². The number of benzene rings is 1. The monoisotopic (exact) mass is 392 g/mol. The summed E-state index contributed by atoms with van der Waals surface area (Å²) in [6.07, 6.45) is 3.03. The lowest BCUT2D eigenvalue weighted by Crippen LogP contribution is -2.39. The predicted molar refractivity (Wildman–Crippen MR) is 106 cm³/mol. The Labute approximate surface area is 161 Å². The average Bonchev–Trinajstić information content (AvgIpc) is 3.13. The van der Waals surface area contributed by atoms with Crippen molar-refractivity contribution in [3.63, 3.8) is 0 Å². The summed E-state index contributed by atoms with van der Waals surface area (Å²) in [5, 5.41) is 14.4. The minimum atomic E-state index is -3.25. The van der Waals surface area contributed by atoms with Crippen molar-refractivity contribution in [3.8, 4) is 0 Å². The Morgan fingerprint density at radius 3 is 2.67 bits per heavy atom. The Balaban J connectivity index is 1.81. The van der Waals surface area contributed by atoms with Gasteiger partial charge in [0.2, 0.25) is 0 Å². The molecule has 0 radical (unpaired) electrons. The third-order valence-electron chi connectivity index (χ3n) is 3.94. The van der Waals surface area contributed by atoms with Gasteiger partial charge in [0.1, 0.15) is 12.2 Å². The van der Waals surface area contributed by atoms with E-state index in [4.69, 9.17) is 0 Å². The molecule has 0 saturated carbocycles. The molecule has 0 saturated heterocycles. The van der Waals surface area contributed by atoms with Crippen LogP contribution < -0.4 is 10.6 Å². The van der Waals surface area contributed by atoms with Gasteiger partial charge in [0.15, 0.2) is 15.8 Å². The predicted octanol–water partition coefficient (Wildman–Crippen LogP) is 1.26. The molecule has 0 aliphatic rings. The SMILES string of the molecule is CCNC(=NCCCS(=O)(=O)c1ccccc1)NCCn1cnnc1CC. The van der Waals surface area contributed by atoms with E-state index in [-0.39, 0.29) is 5.75 Å². The van der Waals surface area contributed by atoms with E-state index < -0.39 is 9.84 Å². The number of sulfone groups is 1. The average molecular weight is 393 g/mol. The summed E-state index contributed by atoms with van der Waals surface area (Å²) in [6.45, 7) is 6.63. The van der Waals surface area contributed by atoms with Crippen LogP contribution in [0.4, 0.5) is 0 Å². The van der Waals surface area contributed by atoms with Crippen molar-refractivity contribution in [2.45, 2.75) is 38.1 Å². The van der Waals surface area contributed by atoms with Gasteiger partial charge in [0, 0.05) is 32.6 Å². The minimum Gasteiger partial charge on any atom is -0.357 e. The summed E-state index contributed by atoms with van der Waals surface area (Å²) in [5.74, 6) is 1.71. The molecule has 1 aromatic carbocycles. The lowest BCUT2D eigenvalue weighted by atomic mass is 10.4. The van der Waals surface area contributed by atoms with Gasteiger partial charge >= 0.3 is 0 Å². The van der Waals surface area contributed by atoms with E-state index in [0.717, 1.165) is 25.3 Å². The molecule has 148 valence electrons. The number of hydrogen-bond acceptors (Lipinski definition) is 5. The van der Waals surface area contributed by atoms with Crippen LogP contribution in [0.25, 0.3) is 0 Å². The zero-order chi connectivity index (χ0) is 19.5. The summed E-state index contributed by atoms with van der Waals surface area (Å²) < 4.78 is 26.5. The van der Waals surface area contributed by atoms with Gasteiger partial charge in [0.25, 0.3) is 0 Å². The van der Waals surface area contributed by atoms with Crippen LogP contribution in [0.1, 0.15) is 26.1 Å². The lowest BCUT2D eigenvalue weighted by molar-refractivity contribution is 0.593. The number of rotatable bonds is 10. The third-order valence-corrected chi connectivity index (χ3v) is 5.76. The van der Waals surface area contributed by atoms with Crippen molar-refractivity contribution < 1.29 is 8.42 Å². The highest BCUT2D eigenvalue weighted by molar-refractivity contribution is 7.91. The first kappa shape index (κ1) is 20.9. The molecule has 2 rings (SSSR count). The van der Waals surface area contributed by atoms with Crippen LogP contribution in [-0.2, 0) is 22.8 Å². The van der Waals surface area contributed by atoms with Crippen LogP contribution in [0.2, 0.25) is 0 Å². The highest BCUT2D eigenvalue weighted by atomic mass is 32.2. The Bertz CT molecular complexity index is 817. The number of hydrogen-bond donors (Lipinski definition) is 2. The number of nitrogens with one attached hydrogen (secondary N) is 2. The molecule has 0 atom stereocenters. The molecule has 0 spiro atoms. The smallest absolute Gasteiger partial charge is 0.191 e. The molecular formula is C18H28N6O2S. The van der Waals surface area contributed by atoms with Crippen molar-refractivity contribution in [3.05, 3.63) is 42.5 Å². The fourth-order valence-electron chi connectivity index (χ4n) is 2.57. The Kier molecular flexibility index (Phi) is 8.25. The zero-order valence-corrected chi connectivity index (χ0v) is 16.7. The molecule has 1 heterocycles. The van der Waals surface area contributed by atoms with Crippen molar-refractivity contribution in [1.82, 2.24) is 25.4 Å². The van der Waals surface area contributed by atoms with Crippen LogP contribution in [0, 0.1) is 0 Å². The summed E-state index contributed by atoms with van der Waals surface area (Å²) in [6, 6.07) is 8.52. The van der Waals surface area contributed by atoms with Gasteiger partial charge in [-0.05, 0) is 25.5 Å². The summed E-state index contributed by atoms with van der Waals surface area (Å²) >= 11 is 0. The van der Waals surface area contributed by atoms with Gasteiger partial charge in [-0.15, -0.1) is 10.2 Å². The first-order valence-electron chi connectivity index (χ1n) is 9.23. The number of guanidine groups is 1. The number of aliphatic imine (C=N–C) groups is 1. The summed E-state index contributed by atoms with van der Waals surface area (Å²) in [4.78, 5) is 4.82. The van der Waals surface area contributed by atoms with E-state index >= 15 is 0 Å². The fraction of sp³-hybridized carbons (Fsp3) is 0.500. The standard InChI is InChI=1S/C18H28N6O2S/c1-3-17-23-22-15-24(17)13-12-21-18(19-4-2)20-11-8-14-27(25,26)16-9-6-5-7-10-16/h5-7,9-10,15H,3-4,8,11-14H2,1-2H3,(H2,19,20,21). The molecule has 0 aliphatic carbocycles. The molecule has 9 heteroatoms. The van der Waals surface area contributed by atoms with Crippen LogP contribution in [-0.4, -0.2) is 54.5 Å². The lowest BCUT2D eigenvalue weighted by Gasteiger charge is -2.12. The second kappa shape index (κ2) is 10.7. The summed E-state index contributed by atoms with van der Waals surface area (Å²) in [7, 11) is -3.25. The molecular weight excluding hydrogens is 364 g/mol. The van der Waals surface area contributed by atoms with E-state index in [1.54, 1.807) is 36.7 Å². The number of aryl methyl sites for hydroxylation is 1. The fourth-order valence-corrected chi connectivity index (χ4v) is 3.88. The molecule has 0 bridgehead atoms. The zero-order valence-electron chi connectivity index (χ0n) is 15.9. The second-order valence-electron chi connectivity index (χ2n) is 5.97. The largest absolute Gasteiger partial charge is 0.357 e. The van der Waals surface area contributed by atoms with Crippen LogP contribution in [0.15, 0.2) is 46.5 Å². The van der Waals surface area contributed by atoms with E-state index in [9.17, 15) is 8.42 Å². The molecule has 2 N–H and O–H groups in total. The van der Waals surface area contributed by atoms with Crippen molar-refractivity contribution in [2.24, 2.45) is 4.99 Å². The molecule has 0 amide bonds. The quantitative estimate of drug-likeness (QED) is 0.359. The van der Waals surface area contributed by atoms with Gasteiger partial charge in [-0.25, -0.2) is 8.42 Å². The second-order valence-corrected chi connectivity index (χ2v) is 8.08. The Hall–Kier alpha value is -2.42. The topological polar surface area (TPSA) is 101 Å². The Morgan fingerprint density at radius 1 is 1.19 bits per heavy atom. The normalized spacial score (nSPS) is 12.1. The van der Waals surface area contributed by atoms with Crippen molar-refractivity contribution in [1.29, 1.82) is 0 Å². The first-order valence-corrected chi connectivity index (χ1v) is 10.9. The molecule has 1 aromatic heterocycles. The van der Waals surface area contributed by atoms with Crippen molar-refractivity contribution in [2.75, 3.05) is 25.4 Å². The maximum atomic E-state index is 12.3. The maximum Gasteiger partial charge on any atom is 0.191 e. The first-order chi connectivity index (χ1) is 13.1. The molecule has 2 aromatic rings. The van der Waals surface area contributed by atoms with E-state index in [1.165, 1.54) is 0 Å². The molecule has 0 unspecified atom stereocenters. The number of aromatic nitrogens is 3. The van der Waals surface area contributed by atoms with Crippen LogP contribution in [0.3, 0.4) is 0 Å².